The Kier molecular flexibility index (Phi) is 2.61. The molecule has 1 aromatic heterocycles. The minimum atomic E-state index is -1.13. The third-order valence-corrected chi connectivity index (χ3v) is 2.49. The van der Waals surface area contributed by atoms with Gasteiger partial charge in [-0.05, 0) is 0 Å². The molecule has 2 heterocycles. The minimum Gasteiger partial charge on any atom is -0.394 e. The molecule has 4 atom stereocenters. The Hall–Kier alpha value is -1.15. The van der Waals surface area contributed by atoms with Gasteiger partial charge >= 0.3 is 0 Å². The van der Waals surface area contributed by atoms with Crippen molar-refractivity contribution in [1.82, 2.24) is 9.55 Å². The average molecular weight is 215 g/mol. The highest BCUT2D eigenvalue weighted by atomic mass is 16.6. The molecule has 0 amide bonds. The van der Waals surface area contributed by atoms with Crippen LogP contribution in [0.5, 0.6) is 0 Å². The lowest BCUT2D eigenvalue weighted by Crippen LogP contribution is -2.33. The number of nitrogens with zero attached hydrogens (tertiary/aromatic N) is 2. The number of nitrogens with two attached hydrogens (primary N) is 1. The molecule has 0 saturated carbocycles. The van der Waals surface area contributed by atoms with Gasteiger partial charge in [-0.3, -0.25) is 4.57 Å². The maximum Gasteiger partial charge on any atom is 0.165 e. The Morgan fingerprint density at radius 2 is 2.20 bits per heavy atom. The standard InChI is InChI=1S/C8H13N3O4/c9-5-1-10-3-11(5)8-7(14)6(13)4(2-12)15-8/h1,3-4,6-8,12-14H,2,9H2/t4-,6-,7+,8+/m0/s1. The lowest BCUT2D eigenvalue weighted by molar-refractivity contribution is -0.0517. The zero-order chi connectivity index (χ0) is 11.0. The second-order valence-corrected chi connectivity index (χ2v) is 3.45. The van der Waals surface area contributed by atoms with Crippen molar-refractivity contribution in [2.75, 3.05) is 12.3 Å². The summed E-state index contributed by atoms with van der Waals surface area (Å²) in [6.07, 6.45) is -1.04. The quantitative estimate of drug-likeness (QED) is 0.457. The molecule has 0 aromatic carbocycles. The molecule has 2 rings (SSSR count). The van der Waals surface area contributed by atoms with Crippen LogP contribution in [0.2, 0.25) is 0 Å². The molecule has 0 radical (unpaired) electrons. The van der Waals surface area contributed by atoms with Crippen molar-refractivity contribution in [1.29, 1.82) is 0 Å². The molecule has 1 aliphatic rings. The minimum absolute atomic E-state index is 0.324. The summed E-state index contributed by atoms with van der Waals surface area (Å²) in [5.74, 6) is 0.324. The van der Waals surface area contributed by atoms with Gasteiger partial charge in [-0.2, -0.15) is 0 Å². The third-order valence-electron chi connectivity index (χ3n) is 2.49. The van der Waals surface area contributed by atoms with Crippen LogP contribution in [0.1, 0.15) is 6.23 Å². The number of nitrogen functional groups attached to an aromatic ring is 1. The Balaban J connectivity index is 2.22. The zero-order valence-corrected chi connectivity index (χ0v) is 7.89. The van der Waals surface area contributed by atoms with Crippen LogP contribution in [-0.4, -0.2) is 49.8 Å². The Morgan fingerprint density at radius 1 is 1.47 bits per heavy atom. The number of hydrogen-bond acceptors (Lipinski definition) is 6. The summed E-state index contributed by atoms with van der Waals surface area (Å²) in [5, 5.41) is 28.1. The highest BCUT2D eigenvalue weighted by molar-refractivity contribution is 5.25. The number of rotatable bonds is 2. The smallest absolute Gasteiger partial charge is 0.165 e. The maximum absolute atomic E-state index is 9.66. The van der Waals surface area contributed by atoms with Gasteiger partial charge in [-0.1, -0.05) is 0 Å². The molecule has 5 N–H and O–H groups in total. The molecule has 0 unspecified atom stereocenters. The number of hydrogen-bond donors (Lipinski definition) is 4. The van der Waals surface area contributed by atoms with E-state index >= 15 is 0 Å². The highest BCUT2D eigenvalue weighted by Gasteiger charge is 2.43. The van der Waals surface area contributed by atoms with Crippen molar-refractivity contribution < 1.29 is 20.1 Å². The van der Waals surface area contributed by atoms with Gasteiger partial charge in [-0.15, -0.1) is 0 Å². The first-order valence-electron chi connectivity index (χ1n) is 4.55. The fraction of sp³-hybridized carbons (Fsp3) is 0.625. The third kappa shape index (κ3) is 1.59. The van der Waals surface area contributed by atoms with E-state index in [0.717, 1.165) is 0 Å². The molecular weight excluding hydrogens is 202 g/mol. The van der Waals surface area contributed by atoms with E-state index in [4.69, 9.17) is 15.6 Å². The monoisotopic (exact) mass is 215 g/mol. The highest BCUT2D eigenvalue weighted by Crippen LogP contribution is 2.30. The molecule has 1 aliphatic heterocycles. The van der Waals surface area contributed by atoms with Gasteiger partial charge in [0.25, 0.3) is 0 Å². The number of ether oxygens (including phenoxy) is 1. The molecule has 7 nitrogen and oxygen atoms in total. The van der Waals surface area contributed by atoms with Gasteiger partial charge in [0.2, 0.25) is 0 Å². The molecule has 0 bridgehead atoms. The van der Waals surface area contributed by atoms with Crippen LogP contribution in [-0.2, 0) is 4.74 Å². The number of aliphatic hydroxyl groups excluding tert-OH is 3. The lowest BCUT2D eigenvalue weighted by Gasteiger charge is -2.16. The summed E-state index contributed by atoms with van der Waals surface area (Å²) < 4.78 is 6.66. The van der Waals surface area contributed by atoms with Gasteiger partial charge in [0.05, 0.1) is 19.1 Å². The zero-order valence-electron chi connectivity index (χ0n) is 7.89. The Bertz CT molecular complexity index is 342. The summed E-state index contributed by atoms with van der Waals surface area (Å²) in [7, 11) is 0. The lowest BCUT2D eigenvalue weighted by atomic mass is 10.1. The van der Waals surface area contributed by atoms with Gasteiger partial charge in [-0.25, -0.2) is 4.98 Å². The molecule has 1 saturated heterocycles. The van der Waals surface area contributed by atoms with Crippen molar-refractivity contribution in [3.8, 4) is 0 Å². The van der Waals surface area contributed by atoms with E-state index in [1.807, 2.05) is 0 Å². The van der Waals surface area contributed by atoms with E-state index in [1.165, 1.54) is 17.1 Å². The predicted molar refractivity (Wildman–Crippen MR) is 49.6 cm³/mol. The van der Waals surface area contributed by atoms with E-state index in [1.54, 1.807) is 0 Å². The second kappa shape index (κ2) is 3.78. The number of aromatic nitrogens is 2. The van der Waals surface area contributed by atoms with E-state index in [-0.39, 0.29) is 6.61 Å². The topological polar surface area (TPSA) is 114 Å². The molecule has 1 fully saturated rings. The number of imidazole rings is 1. The number of aliphatic hydroxyl groups is 3. The maximum atomic E-state index is 9.66. The summed E-state index contributed by atoms with van der Waals surface area (Å²) in [6, 6.07) is 0. The van der Waals surface area contributed by atoms with Crippen molar-refractivity contribution >= 4 is 5.82 Å². The van der Waals surface area contributed by atoms with Crippen LogP contribution in [0.25, 0.3) is 0 Å². The molecule has 0 aliphatic carbocycles. The molecule has 7 heteroatoms. The van der Waals surface area contributed by atoms with E-state index in [2.05, 4.69) is 4.98 Å². The molecular formula is C8H13N3O4. The first kappa shape index (κ1) is 10.4. The van der Waals surface area contributed by atoms with Crippen LogP contribution >= 0.6 is 0 Å². The van der Waals surface area contributed by atoms with Gasteiger partial charge in [0.1, 0.15) is 24.1 Å². The van der Waals surface area contributed by atoms with E-state index in [9.17, 15) is 10.2 Å². The molecule has 0 spiro atoms. The summed E-state index contributed by atoms with van der Waals surface area (Å²) in [4.78, 5) is 3.78. The largest absolute Gasteiger partial charge is 0.394 e. The number of anilines is 1. The Morgan fingerprint density at radius 3 is 2.67 bits per heavy atom. The van der Waals surface area contributed by atoms with Gasteiger partial charge in [0.15, 0.2) is 6.23 Å². The first-order chi connectivity index (χ1) is 7.15. The van der Waals surface area contributed by atoms with Crippen LogP contribution in [0, 0.1) is 0 Å². The molecule has 84 valence electrons. The summed E-state index contributed by atoms with van der Waals surface area (Å²) in [6.45, 7) is -0.358. The summed E-state index contributed by atoms with van der Waals surface area (Å²) >= 11 is 0. The fourth-order valence-electron chi connectivity index (χ4n) is 1.64. The van der Waals surface area contributed by atoms with Crippen LogP contribution in [0.4, 0.5) is 5.82 Å². The van der Waals surface area contributed by atoms with Crippen LogP contribution in [0.3, 0.4) is 0 Å². The van der Waals surface area contributed by atoms with Gasteiger partial charge in [0, 0.05) is 0 Å². The van der Waals surface area contributed by atoms with Gasteiger partial charge < -0.3 is 25.8 Å². The van der Waals surface area contributed by atoms with Crippen molar-refractivity contribution in [2.45, 2.75) is 24.5 Å². The second-order valence-electron chi connectivity index (χ2n) is 3.45. The SMILES string of the molecule is Nc1cncn1[C@@H]1O[C@@H](CO)[C@H](O)[C@H]1O. The fourth-order valence-corrected chi connectivity index (χ4v) is 1.64. The predicted octanol–water partition coefficient (Wildman–Crippen LogP) is -1.92. The van der Waals surface area contributed by atoms with E-state index in [0.29, 0.717) is 5.82 Å². The van der Waals surface area contributed by atoms with Crippen LogP contribution in [0.15, 0.2) is 12.5 Å². The van der Waals surface area contributed by atoms with Crippen molar-refractivity contribution in [2.24, 2.45) is 0 Å². The van der Waals surface area contributed by atoms with Crippen molar-refractivity contribution in [3.63, 3.8) is 0 Å². The molecule has 15 heavy (non-hydrogen) atoms. The van der Waals surface area contributed by atoms with Crippen molar-refractivity contribution in [3.05, 3.63) is 12.5 Å². The molecule has 1 aromatic rings. The van der Waals surface area contributed by atoms with E-state index < -0.39 is 24.5 Å². The average Bonchev–Trinajstić information content (AvgIpc) is 2.74. The normalized spacial score (nSPS) is 35.9. The Labute approximate surface area is 85.7 Å². The first-order valence-corrected chi connectivity index (χ1v) is 4.55. The van der Waals surface area contributed by atoms with Crippen LogP contribution < -0.4 is 5.73 Å². The summed E-state index contributed by atoms with van der Waals surface area (Å²) in [5.41, 5.74) is 5.58.